The Kier molecular flexibility index (Phi) is 4.84. The molecule has 1 aromatic carbocycles. The van der Waals surface area contributed by atoms with Crippen molar-refractivity contribution in [1.29, 1.82) is 0 Å². The Hall–Kier alpha value is -2.47. The van der Waals surface area contributed by atoms with E-state index >= 15 is 0 Å². The Balaban J connectivity index is 1.50. The van der Waals surface area contributed by atoms with Gasteiger partial charge in [0.15, 0.2) is 0 Å². The molecule has 0 spiro atoms. The second-order valence-electron chi connectivity index (χ2n) is 7.07. The Morgan fingerprint density at radius 1 is 1.23 bits per heavy atom. The number of rotatable bonds is 4. The first-order chi connectivity index (χ1) is 12.8. The molecule has 1 amide bonds. The first kappa shape index (κ1) is 17.0. The van der Waals surface area contributed by atoms with Crippen LogP contribution in [0.3, 0.4) is 0 Å². The zero-order valence-electron chi connectivity index (χ0n) is 15.0. The molecule has 0 saturated carbocycles. The van der Waals surface area contributed by atoms with Gasteiger partial charge in [-0.15, -0.1) is 0 Å². The number of benzene rings is 1. The summed E-state index contributed by atoms with van der Waals surface area (Å²) in [6, 6.07) is 8.41. The average molecular weight is 352 g/mol. The van der Waals surface area contributed by atoms with Crippen LogP contribution in [0.25, 0.3) is 0 Å². The molecule has 0 aliphatic carbocycles. The molecule has 1 aromatic heterocycles. The molecule has 6 nitrogen and oxygen atoms in total. The van der Waals surface area contributed by atoms with E-state index in [9.17, 15) is 4.79 Å². The van der Waals surface area contributed by atoms with Crippen LogP contribution < -0.4 is 4.90 Å². The third kappa shape index (κ3) is 3.29. The first-order valence-corrected chi connectivity index (χ1v) is 9.11. The van der Waals surface area contributed by atoms with Crippen LogP contribution >= 0.6 is 0 Å². The summed E-state index contributed by atoms with van der Waals surface area (Å²) in [6.07, 6.45) is 6.04. The van der Waals surface area contributed by atoms with E-state index < -0.39 is 0 Å². The van der Waals surface area contributed by atoms with Crippen LogP contribution in [0, 0.1) is 11.8 Å². The molecule has 0 N–H and O–H groups in total. The summed E-state index contributed by atoms with van der Waals surface area (Å²) in [5.41, 5.74) is 2.62. The summed E-state index contributed by atoms with van der Waals surface area (Å²) in [7, 11) is 1.70. The summed E-state index contributed by atoms with van der Waals surface area (Å²) in [5, 5.41) is 0. The Morgan fingerprint density at radius 2 is 2.08 bits per heavy atom. The maximum absolute atomic E-state index is 13.3. The second kappa shape index (κ2) is 7.41. The van der Waals surface area contributed by atoms with Crippen LogP contribution in [0.5, 0.6) is 0 Å². The zero-order valence-corrected chi connectivity index (χ0v) is 15.0. The second-order valence-corrected chi connectivity index (χ2v) is 7.07. The maximum Gasteiger partial charge on any atom is 0.228 e. The lowest BCUT2D eigenvalue weighted by Gasteiger charge is -2.32. The Morgan fingerprint density at radius 3 is 2.85 bits per heavy atom. The van der Waals surface area contributed by atoms with Gasteiger partial charge in [0.05, 0.1) is 18.7 Å². The van der Waals surface area contributed by atoms with Crippen molar-refractivity contribution >= 4 is 11.7 Å². The van der Waals surface area contributed by atoms with Gasteiger partial charge in [0.1, 0.15) is 5.82 Å². The standard InChI is InChI=1S/C20H24N4O2/c1-26-14-17-12-24(19-10-21-7-8-22-19)13-18(17)20(25)23-9-6-15-4-2-3-5-16(15)11-23/h2-5,7-8,10,17-18H,6,9,11-14H2,1H3/t17-,18+/m0/s1. The number of carbonyl (C=O) groups excluding carboxylic acids is 1. The number of fused-ring (bicyclic) bond motifs is 1. The van der Waals surface area contributed by atoms with Gasteiger partial charge in [-0.2, -0.15) is 0 Å². The van der Waals surface area contributed by atoms with Gasteiger partial charge in [-0.25, -0.2) is 4.98 Å². The molecule has 0 unspecified atom stereocenters. The molecule has 2 aliphatic rings. The van der Waals surface area contributed by atoms with Crippen molar-refractivity contribution in [2.24, 2.45) is 11.8 Å². The van der Waals surface area contributed by atoms with E-state index in [0.29, 0.717) is 19.7 Å². The van der Waals surface area contributed by atoms with Crippen LogP contribution in [-0.4, -0.2) is 54.1 Å². The Bertz CT molecular complexity index is 767. The minimum absolute atomic E-state index is 0.0674. The summed E-state index contributed by atoms with van der Waals surface area (Å²) in [6.45, 7) is 3.52. The third-order valence-corrected chi connectivity index (χ3v) is 5.45. The number of anilines is 1. The number of hydrogen-bond donors (Lipinski definition) is 0. The highest BCUT2D eigenvalue weighted by atomic mass is 16.5. The topological polar surface area (TPSA) is 58.6 Å². The molecule has 1 fully saturated rings. The molecule has 1 saturated heterocycles. The number of ether oxygens (including phenoxy) is 1. The van der Waals surface area contributed by atoms with Crippen LogP contribution in [0.15, 0.2) is 42.9 Å². The summed E-state index contributed by atoms with van der Waals surface area (Å²) in [4.78, 5) is 26.0. The van der Waals surface area contributed by atoms with Gasteiger partial charge in [0.2, 0.25) is 5.91 Å². The van der Waals surface area contributed by atoms with E-state index in [1.54, 1.807) is 25.7 Å². The van der Waals surface area contributed by atoms with Crippen LogP contribution in [-0.2, 0) is 22.5 Å². The van der Waals surface area contributed by atoms with Gasteiger partial charge in [0, 0.05) is 51.6 Å². The number of carbonyl (C=O) groups is 1. The summed E-state index contributed by atoms with van der Waals surface area (Å²) < 4.78 is 5.40. The predicted molar refractivity (Wildman–Crippen MR) is 98.7 cm³/mol. The van der Waals surface area contributed by atoms with E-state index in [2.05, 4.69) is 33.1 Å². The predicted octanol–water partition coefficient (Wildman–Crippen LogP) is 1.76. The van der Waals surface area contributed by atoms with E-state index in [1.807, 2.05) is 11.0 Å². The summed E-state index contributed by atoms with van der Waals surface area (Å²) >= 11 is 0. The average Bonchev–Trinajstić information content (AvgIpc) is 3.12. The van der Waals surface area contributed by atoms with Crippen molar-refractivity contribution in [2.75, 3.05) is 38.3 Å². The molecule has 2 aliphatic heterocycles. The molecular weight excluding hydrogens is 328 g/mol. The molecule has 0 radical (unpaired) electrons. The molecule has 2 atom stereocenters. The van der Waals surface area contributed by atoms with Gasteiger partial charge in [-0.3, -0.25) is 9.78 Å². The van der Waals surface area contributed by atoms with E-state index in [-0.39, 0.29) is 17.7 Å². The molecule has 6 heteroatoms. The molecule has 2 aromatic rings. The van der Waals surface area contributed by atoms with E-state index in [0.717, 1.165) is 25.3 Å². The van der Waals surface area contributed by atoms with Crippen molar-refractivity contribution in [3.05, 3.63) is 54.0 Å². The zero-order chi connectivity index (χ0) is 17.9. The fourth-order valence-electron chi connectivity index (χ4n) is 4.09. The van der Waals surface area contributed by atoms with Crippen LogP contribution in [0.2, 0.25) is 0 Å². The van der Waals surface area contributed by atoms with Crippen molar-refractivity contribution in [2.45, 2.75) is 13.0 Å². The van der Waals surface area contributed by atoms with Crippen molar-refractivity contribution in [3.63, 3.8) is 0 Å². The molecular formula is C20H24N4O2. The highest BCUT2D eigenvalue weighted by Gasteiger charge is 2.40. The van der Waals surface area contributed by atoms with Gasteiger partial charge < -0.3 is 14.5 Å². The molecule has 3 heterocycles. The van der Waals surface area contributed by atoms with Crippen LogP contribution in [0.4, 0.5) is 5.82 Å². The lowest BCUT2D eigenvalue weighted by Crippen LogP contribution is -2.42. The molecule has 4 rings (SSSR count). The molecule has 26 heavy (non-hydrogen) atoms. The SMILES string of the molecule is COC[C@@H]1CN(c2cnccn2)C[C@H]1C(=O)N1CCc2ccccc2C1. The number of methoxy groups -OCH3 is 1. The fourth-order valence-corrected chi connectivity index (χ4v) is 4.09. The molecule has 136 valence electrons. The van der Waals surface area contributed by atoms with E-state index in [4.69, 9.17) is 4.74 Å². The number of hydrogen-bond acceptors (Lipinski definition) is 5. The van der Waals surface area contributed by atoms with Gasteiger partial charge in [-0.05, 0) is 17.5 Å². The van der Waals surface area contributed by atoms with Crippen LogP contribution in [0.1, 0.15) is 11.1 Å². The van der Waals surface area contributed by atoms with Gasteiger partial charge in [0.25, 0.3) is 0 Å². The lowest BCUT2D eigenvalue weighted by atomic mass is 9.93. The third-order valence-electron chi connectivity index (χ3n) is 5.45. The Labute approximate surface area is 153 Å². The van der Waals surface area contributed by atoms with Crippen molar-refractivity contribution in [1.82, 2.24) is 14.9 Å². The van der Waals surface area contributed by atoms with Gasteiger partial charge >= 0.3 is 0 Å². The number of amides is 1. The largest absolute Gasteiger partial charge is 0.384 e. The first-order valence-electron chi connectivity index (χ1n) is 9.11. The highest BCUT2D eigenvalue weighted by molar-refractivity contribution is 5.81. The molecule has 0 bridgehead atoms. The minimum atomic E-state index is -0.0674. The highest BCUT2D eigenvalue weighted by Crippen LogP contribution is 2.30. The normalized spacial score (nSPS) is 22.3. The van der Waals surface area contributed by atoms with E-state index in [1.165, 1.54) is 11.1 Å². The lowest BCUT2D eigenvalue weighted by molar-refractivity contribution is -0.137. The number of aromatic nitrogens is 2. The van der Waals surface area contributed by atoms with Crippen molar-refractivity contribution < 1.29 is 9.53 Å². The fraction of sp³-hybridized carbons (Fsp3) is 0.450. The maximum atomic E-state index is 13.3. The smallest absolute Gasteiger partial charge is 0.228 e. The quantitative estimate of drug-likeness (QED) is 0.839. The monoisotopic (exact) mass is 352 g/mol. The summed E-state index contributed by atoms with van der Waals surface area (Å²) in [5.74, 6) is 1.16. The minimum Gasteiger partial charge on any atom is -0.384 e. The van der Waals surface area contributed by atoms with Crippen molar-refractivity contribution in [3.8, 4) is 0 Å². The van der Waals surface area contributed by atoms with Gasteiger partial charge in [-0.1, -0.05) is 24.3 Å². The number of nitrogens with zero attached hydrogens (tertiary/aromatic N) is 4.